The largest absolute Gasteiger partial charge is 0.377 e. The molecule has 0 amide bonds. The van der Waals surface area contributed by atoms with Crippen LogP contribution in [-0.2, 0) is 17.7 Å². The molecule has 6 heteroatoms. The Morgan fingerprint density at radius 1 is 1.45 bits per heavy atom. The molecule has 1 aromatic heterocycles. The van der Waals surface area contributed by atoms with E-state index in [1.165, 1.54) is 6.07 Å². The Morgan fingerprint density at radius 3 is 2.85 bits per heavy atom. The van der Waals surface area contributed by atoms with Gasteiger partial charge in [-0.05, 0) is 35.8 Å². The van der Waals surface area contributed by atoms with Gasteiger partial charge in [0.15, 0.2) is 0 Å². The van der Waals surface area contributed by atoms with Crippen molar-refractivity contribution in [3.8, 4) is 0 Å². The molecule has 3 nitrogen and oxygen atoms in total. The average Bonchev–Trinajstić information content (AvgIpc) is 2.68. The highest BCUT2D eigenvalue weighted by Gasteiger charge is 2.13. The summed E-state index contributed by atoms with van der Waals surface area (Å²) in [6.45, 7) is 5.18. The predicted molar refractivity (Wildman–Crippen MR) is 82.9 cm³/mol. The van der Waals surface area contributed by atoms with E-state index in [1.54, 1.807) is 6.07 Å². The van der Waals surface area contributed by atoms with E-state index in [1.807, 2.05) is 18.4 Å². The van der Waals surface area contributed by atoms with Crippen LogP contribution in [0.3, 0.4) is 0 Å². The molecule has 20 heavy (non-hydrogen) atoms. The van der Waals surface area contributed by atoms with Gasteiger partial charge in [0.05, 0.1) is 28.2 Å². The van der Waals surface area contributed by atoms with Gasteiger partial charge < -0.3 is 9.30 Å². The lowest BCUT2D eigenvalue weighted by molar-refractivity contribution is 0.0729. The summed E-state index contributed by atoms with van der Waals surface area (Å²) < 4.78 is 21.7. The topological polar surface area (TPSA) is 27.1 Å². The van der Waals surface area contributed by atoms with Gasteiger partial charge in [0.1, 0.15) is 11.6 Å². The third-order valence-corrected chi connectivity index (χ3v) is 3.75. The Morgan fingerprint density at radius 2 is 2.20 bits per heavy atom. The fourth-order valence-electron chi connectivity index (χ4n) is 2.07. The maximum absolute atomic E-state index is 13.7. The molecule has 1 heterocycles. The molecule has 1 aromatic carbocycles. The van der Waals surface area contributed by atoms with Crippen molar-refractivity contribution in [3.05, 3.63) is 28.2 Å². The Kier molecular flexibility index (Phi) is 5.41. The van der Waals surface area contributed by atoms with E-state index in [2.05, 4.69) is 20.9 Å². The zero-order valence-corrected chi connectivity index (χ0v) is 13.8. The quantitative estimate of drug-likeness (QED) is 0.721. The van der Waals surface area contributed by atoms with Gasteiger partial charge in [-0.1, -0.05) is 0 Å². The molecule has 0 bridgehead atoms. The maximum atomic E-state index is 13.7. The lowest BCUT2D eigenvalue weighted by Crippen LogP contribution is -2.13. The van der Waals surface area contributed by atoms with E-state index in [9.17, 15) is 4.39 Å². The zero-order chi connectivity index (χ0) is 14.7. The van der Waals surface area contributed by atoms with Crippen LogP contribution in [0.2, 0.25) is 0 Å². The summed E-state index contributed by atoms with van der Waals surface area (Å²) in [6.07, 6.45) is 0.823. The summed E-state index contributed by atoms with van der Waals surface area (Å²) in [6, 6.07) is 3.20. The van der Waals surface area contributed by atoms with Crippen molar-refractivity contribution in [1.29, 1.82) is 0 Å². The van der Waals surface area contributed by atoms with Gasteiger partial charge in [-0.15, -0.1) is 11.6 Å². The van der Waals surface area contributed by atoms with Crippen LogP contribution in [0.25, 0.3) is 11.0 Å². The van der Waals surface area contributed by atoms with Gasteiger partial charge in [0.2, 0.25) is 0 Å². The molecule has 110 valence electrons. The van der Waals surface area contributed by atoms with Crippen LogP contribution >= 0.6 is 27.5 Å². The Hall–Kier alpha value is -0.650. The average molecular weight is 364 g/mol. The molecule has 0 saturated heterocycles. The van der Waals surface area contributed by atoms with Gasteiger partial charge in [-0.2, -0.15) is 0 Å². The van der Waals surface area contributed by atoms with Gasteiger partial charge in [0, 0.05) is 24.9 Å². The first kappa shape index (κ1) is 15.7. The van der Waals surface area contributed by atoms with Crippen LogP contribution < -0.4 is 0 Å². The number of imidazole rings is 1. The van der Waals surface area contributed by atoms with Crippen LogP contribution in [0.15, 0.2) is 16.6 Å². The first-order valence-corrected chi connectivity index (χ1v) is 7.87. The highest BCUT2D eigenvalue weighted by Crippen LogP contribution is 2.24. The minimum Gasteiger partial charge on any atom is -0.377 e. The molecule has 0 unspecified atom stereocenters. The minimum atomic E-state index is -0.291. The molecule has 0 aliphatic carbocycles. The first-order valence-electron chi connectivity index (χ1n) is 6.54. The second-order valence-electron chi connectivity index (χ2n) is 4.79. The van der Waals surface area contributed by atoms with Crippen molar-refractivity contribution < 1.29 is 9.13 Å². The van der Waals surface area contributed by atoms with Crippen LogP contribution in [0.4, 0.5) is 4.39 Å². The van der Waals surface area contributed by atoms with Crippen molar-refractivity contribution in [2.75, 3.05) is 12.5 Å². The number of ether oxygens (including phenoxy) is 1. The van der Waals surface area contributed by atoms with E-state index in [0.717, 1.165) is 16.9 Å². The molecular weight excluding hydrogens is 347 g/mol. The molecule has 0 radical (unpaired) electrons. The number of hydrogen-bond acceptors (Lipinski definition) is 2. The summed E-state index contributed by atoms with van der Waals surface area (Å²) in [5.74, 6) is 1.05. The van der Waals surface area contributed by atoms with Crippen LogP contribution in [-0.4, -0.2) is 28.1 Å². The molecule has 0 spiro atoms. The first-order chi connectivity index (χ1) is 9.52. The molecule has 0 fully saturated rings. The highest BCUT2D eigenvalue weighted by molar-refractivity contribution is 9.10. The van der Waals surface area contributed by atoms with Crippen LogP contribution in [0.5, 0.6) is 0 Å². The number of rotatable bonds is 6. The molecule has 0 N–H and O–H groups in total. The fraction of sp³-hybridized carbons (Fsp3) is 0.500. The molecular formula is C14H17BrClFN2O. The highest BCUT2D eigenvalue weighted by atomic mass is 79.9. The number of alkyl halides is 1. The Labute approximate surface area is 131 Å². The second kappa shape index (κ2) is 6.87. The molecule has 2 rings (SSSR count). The number of fused-ring (bicyclic) bond motifs is 1. The summed E-state index contributed by atoms with van der Waals surface area (Å²) in [5.41, 5.74) is 1.54. The fourth-order valence-corrected chi connectivity index (χ4v) is 2.57. The smallest absolute Gasteiger partial charge is 0.139 e. The predicted octanol–water partition coefficient (Wildman–Crippen LogP) is 4.14. The number of aromatic nitrogens is 2. The number of nitrogens with zero attached hydrogens (tertiary/aromatic N) is 2. The summed E-state index contributed by atoms with van der Waals surface area (Å²) in [5, 5.41) is 0. The van der Waals surface area contributed by atoms with Crippen molar-refractivity contribution >= 4 is 38.6 Å². The lowest BCUT2D eigenvalue weighted by atomic mass is 10.3. The maximum Gasteiger partial charge on any atom is 0.139 e. The van der Waals surface area contributed by atoms with E-state index in [-0.39, 0.29) is 11.9 Å². The summed E-state index contributed by atoms with van der Waals surface area (Å²) in [7, 11) is 0. The van der Waals surface area contributed by atoms with Crippen molar-refractivity contribution in [1.82, 2.24) is 9.55 Å². The van der Waals surface area contributed by atoms with Crippen molar-refractivity contribution in [2.45, 2.75) is 32.9 Å². The Bertz CT molecular complexity index is 600. The van der Waals surface area contributed by atoms with Crippen LogP contribution in [0, 0.1) is 5.82 Å². The second-order valence-corrected chi connectivity index (χ2v) is 6.03. The Balaban J connectivity index is 2.37. The number of halogens is 3. The zero-order valence-electron chi connectivity index (χ0n) is 11.5. The third-order valence-electron chi connectivity index (χ3n) is 2.95. The van der Waals surface area contributed by atoms with Gasteiger partial charge in [0.25, 0.3) is 0 Å². The molecule has 0 saturated carbocycles. The van der Waals surface area contributed by atoms with Crippen molar-refractivity contribution in [2.24, 2.45) is 0 Å². The third kappa shape index (κ3) is 3.51. The monoisotopic (exact) mass is 362 g/mol. The van der Waals surface area contributed by atoms with Crippen molar-refractivity contribution in [3.63, 3.8) is 0 Å². The standard InChI is InChI=1S/C14H17BrClFN2O/c1-9(2)20-6-5-19-13-8-11(17)10(15)7-12(13)18-14(19)3-4-16/h7-9H,3-6H2,1-2H3. The normalized spacial score (nSPS) is 11.7. The molecule has 0 aliphatic rings. The minimum absolute atomic E-state index is 0.173. The van der Waals surface area contributed by atoms with Crippen LogP contribution in [0.1, 0.15) is 19.7 Å². The lowest BCUT2D eigenvalue weighted by Gasteiger charge is -2.11. The van der Waals surface area contributed by atoms with E-state index in [0.29, 0.717) is 29.9 Å². The molecule has 2 aromatic rings. The number of benzene rings is 1. The number of aryl methyl sites for hydroxylation is 1. The SMILES string of the molecule is CC(C)OCCn1c(CCCl)nc2cc(Br)c(F)cc21. The van der Waals surface area contributed by atoms with E-state index in [4.69, 9.17) is 16.3 Å². The van der Waals surface area contributed by atoms with Gasteiger partial charge in [-0.25, -0.2) is 9.37 Å². The van der Waals surface area contributed by atoms with E-state index >= 15 is 0 Å². The van der Waals surface area contributed by atoms with Gasteiger partial charge >= 0.3 is 0 Å². The summed E-state index contributed by atoms with van der Waals surface area (Å²) >= 11 is 9.00. The number of hydrogen-bond donors (Lipinski definition) is 0. The molecule has 0 aliphatic heterocycles. The van der Waals surface area contributed by atoms with Gasteiger partial charge in [-0.3, -0.25) is 0 Å². The van der Waals surface area contributed by atoms with E-state index < -0.39 is 0 Å². The summed E-state index contributed by atoms with van der Waals surface area (Å²) in [4.78, 5) is 4.53. The molecule has 0 atom stereocenters.